The minimum Gasteiger partial charge on any atom is -0.334 e. The van der Waals surface area contributed by atoms with Crippen LogP contribution in [0.3, 0.4) is 0 Å². The number of benzene rings is 2. The number of nitrogens with one attached hydrogen (secondary N) is 2. The molecule has 4 heteroatoms. The average Bonchev–Trinajstić information content (AvgIpc) is 2.61. The van der Waals surface area contributed by atoms with Crippen LogP contribution in [-0.2, 0) is 25.9 Å². The van der Waals surface area contributed by atoms with E-state index >= 15 is 0 Å². The fourth-order valence-corrected chi connectivity index (χ4v) is 3.47. The highest BCUT2D eigenvalue weighted by molar-refractivity contribution is 5.90. The molecule has 3 rings (SSSR count). The second-order valence-corrected chi connectivity index (χ2v) is 6.96. The fourth-order valence-electron chi connectivity index (χ4n) is 3.47. The molecular weight excluding hydrogens is 310 g/mol. The first-order chi connectivity index (χ1) is 12.1. The molecule has 2 N–H and O–H groups in total. The van der Waals surface area contributed by atoms with E-state index in [1.165, 1.54) is 29.5 Å². The second-order valence-electron chi connectivity index (χ2n) is 6.96. The van der Waals surface area contributed by atoms with Gasteiger partial charge in [-0.2, -0.15) is 0 Å². The van der Waals surface area contributed by atoms with E-state index in [-0.39, 0.29) is 6.03 Å². The van der Waals surface area contributed by atoms with Gasteiger partial charge in [-0.05, 0) is 68.1 Å². The van der Waals surface area contributed by atoms with E-state index in [2.05, 4.69) is 47.8 Å². The molecule has 0 unspecified atom stereocenters. The Bertz CT molecular complexity index is 740. The van der Waals surface area contributed by atoms with Crippen LogP contribution in [0, 0.1) is 0 Å². The standard InChI is InChI=1S/C21H27N3O/c1-24(2)15-18-10-4-3-9-17(18)14-22-21(25)23-20-13-7-11-16-8-5-6-12-19(16)20/h3-4,7,9-11,13H,5-6,8,12,14-15H2,1-2H3,(H2,22,23,25). The van der Waals surface area contributed by atoms with E-state index in [9.17, 15) is 4.79 Å². The van der Waals surface area contributed by atoms with E-state index < -0.39 is 0 Å². The summed E-state index contributed by atoms with van der Waals surface area (Å²) in [5.41, 5.74) is 6.03. The van der Waals surface area contributed by atoms with E-state index in [0.717, 1.165) is 30.6 Å². The number of fused-ring (bicyclic) bond motifs is 1. The van der Waals surface area contributed by atoms with E-state index in [1.807, 2.05) is 24.3 Å². The molecule has 132 valence electrons. The lowest BCUT2D eigenvalue weighted by molar-refractivity contribution is 0.251. The van der Waals surface area contributed by atoms with Crippen LogP contribution in [0.5, 0.6) is 0 Å². The normalized spacial score (nSPS) is 13.4. The highest BCUT2D eigenvalue weighted by atomic mass is 16.2. The first-order valence-electron chi connectivity index (χ1n) is 9.00. The van der Waals surface area contributed by atoms with Gasteiger partial charge < -0.3 is 15.5 Å². The zero-order chi connectivity index (χ0) is 17.6. The van der Waals surface area contributed by atoms with Crippen LogP contribution in [0.4, 0.5) is 10.5 Å². The first kappa shape index (κ1) is 17.5. The molecule has 2 aromatic carbocycles. The summed E-state index contributed by atoms with van der Waals surface area (Å²) in [4.78, 5) is 14.5. The molecule has 0 aliphatic heterocycles. The lowest BCUT2D eigenvalue weighted by Gasteiger charge is -2.20. The smallest absolute Gasteiger partial charge is 0.319 e. The third kappa shape index (κ3) is 4.60. The number of hydrogen-bond donors (Lipinski definition) is 2. The summed E-state index contributed by atoms with van der Waals surface area (Å²) in [6, 6.07) is 14.3. The monoisotopic (exact) mass is 337 g/mol. The minimum absolute atomic E-state index is 0.140. The Labute approximate surface area is 150 Å². The van der Waals surface area contributed by atoms with Crippen LogP contribution < -0.4 is 10.6 Å². The molecule has 0 spiro atoms. The number of hydrogen-bond acceptors (Lipinski definition) is 2. The summed E-state index contributed by atoms with van der Waals surface area (Å²) < 4.78 is 0. The molecule has 2 amide bonds. The molecule has 0 aromatic heterocycles. The summed E-state index contributed by atoms with van der Waals surface area (Å²) in [6.45, 7) is 1.40. The van der Waals surface area contributed by atoms with Crippen molar-refractivity contribution in [2.45, 2.75) is 38.8 Å². The number of carbonyl (C=O) groups is 1. The molecule has 25 heavy (non-hydrogen) atoms. The first-order valence-corrected chi connectivity index (χ1v) is 9.00. The van der Waals surface area contributed by atoms with Crippen molar-refractivity contribution < 1.29 is 4.79 Å². The molecule has 0 bridgehead atoms. The van der Waals surface area contributed by atoms with Crippen LogP contribution in [0.2, 0.25) is 0 Å². The van der Waals surface area contributed by atoms with Crippen LogP contribution in [0.1, 0.15) is 35.1 Å². The molecule has 0 saturated carbocycles. The van der Waals surface area contributed by atoms with Gasteiger partial charge in [0.2, 0.25) is 0 Å². The predicted molar refractivity (Wildman–Crippen MR) is 103 cm³/mol. The van der Waals surface area contributed by atoms with E-state index in [0.29, 0.717) is 6.54 Å². The largest absolute Gasteiger partial charge is 0.334 e. The van der Waals surface area contributed by atoms with Crippen molar-refractivity contribution in [1.82, 2.24) is 10.2 Å². The Morgan fingerprint density at radius 3 is 2.56 bits per heavy atom. The van der Waals surface area contributed by atoms with Crippen molar-refractivity contribution in [3.8, 4) is 0 Å². The second kappa shape index (κ2) is 8.17. The number of nitrogens with zero attached hydrogens (tertiary/aromatic N) is 1. The van der Waals surface area contributed by atoms with Crippen molar-refractivity contribution in [1.29, 1.82) is 0 Å². The van der Waals surface area contributed by atoms with Crippen molar-refractivity contribution in [2.75, 3.05) is 19.4 Å². The molecule has 1 aliphatic carbocycles. The minimum atomic E-state index is -0.140. The Kier molecular flexibility index (Phi) is 5.71. The lowest BCUT2D eigenvalue weighted by Crippen LogP contribution is -2.29. The molecule has 4 nitrogen and oxygen atoms in total. The van der Waals surface area contributed by atoms with Gasteiger partial charge in [0.25, 0.3) is 0 Å². The number of anilines is 1. The lowest BCUT2D eigenvalue weighted by atomic mass is 9.90. The maximum Gasteiger partial charge on any atom is 0.319 e. The molecular formula is C21H27N3O. The number of urea groups is 1. The fraction of sp³-hybridized carbons (Fsp3) is 0.381. The van der Waals surface area contributed by atoms with Crippen LogP contribution in [0.25, 0.3) is 0 Å². The zero-order valence-electron chi connectivity index (χ0n) is 15.1. The molecule has 0 fully saturated rings. The van der Waals surface area contributed by atoms with Gasteiger partial charge in [-0.1, -0.05) is 36.4 Å². The van der Waals surface area contributed by atoms with Gasteiger partial charge in [0.15, 0.2) is 0 Å². The molecule has 0 saturated heterocycles. The average molecular weight is 337 g/mol. The molecule has 0 radical (unpaired) electrons. The van der Waals surface area contributed by atoms with Gasteiger partial charge >= 0.3 is 6.03 Å². The van der Waals surface area contributed by atoms with E-state index in [4.69, 9.17) is 0 Å². The number of amides is 2. The zero-order valence-corrected chi connectivity index (χ0v) is 15.1. The predicted octanol–water partition coefficient (Wildman–Crippen LogP) is 3.95. The third-order valence-corrected chi connectivity index (χ3v) is 4.69. The summed E-state index contributed by atoms with van der Waals surface area (Å²) in [5, 5.41) is 6.04. The highest BCUT2D eigenvalue weighted by Gasteiger charge is 2.14. The summed E-state index contributed by atoms with van der Waals surface area (Å²) in [6.07, 6.45) is 4.61. The Balaban J connectivity index is 1.63. The van der Waals surface area contributed by atoms with Crippen molar-refractivity contribution >= 4 is 11.7 Å². The Morgan fingerprint density at radius 1 is 1.00 bits per heavy atom. The summed E-state index contributed by atoms with van der Waals surface area (Å²) in [7, 11) is 4.10. The van der Waals surface area contributed by atoms with Crippen LogP contribution in [-0.4, -0.2) is 25.0 Å². The SMILES string of the molecule is CN(C)Cc1ccccc1CNC(=O)Nc1cccc2c1CCCC2. The number of rotatable bonds is 5. The van der Waals surface area contributed by atoms with Gasteiger partial charge in [0.05, 0.1) is 0 Å². The maximum absolute atomic E-state index is 12.4. The van der Waals surface area contributed by atoms with E-state index in [1.54, 1.807) is 0 Å². The van der Waals surface area contributed by atoms with Gasteiger partial charge in [-0.15, -0.1) is 0 Å². The molecule has 2 aromatic rings. The number of carbonyl (C=O) groups excluding carboxylic acids is 1. The quantitative estimate of drug-likeness (QED) is 0.868. The van der Waals surface area contributed by atoms with Crippen LogP contribution >= 0.6 is 0 Å². The molecule has 1 aliphatic rings. The summed E-state index contributed by atoms with van der Waals surface area (Å²) in [5.74, 6) is 0. The molecule has 0 atom stereocenters. The Morgan fingerprint density at radius 2 is 1.76 bits per heavy atom. The third-order valence-electron chi connectivity index (χ3n) is 4.69. The number of aryl methyl sites for hydroxylation is 1. The van der Waals surface area contributed by atoms with Crippen molar-refractivity contribution in [3.05, 3.63) is 64.7 Å². The van der Waals surface area contributed by atoms with Crippen molar-refractivity contribution in [3.63, 3.8) is 0 Å². The van der Waals surface area contributed by atoms with Gasteiger partial charge in [0.1, 0.15) is 0 Å². The highest BCUT2D eigenvalue weighted by Crippen LogP contribution is 2.27. The van der Waals surface area contributed by atoms with Gasteiger partial charge in [-0.3, -0.25) is 0 Å². The maximum atomic E-state index is 12.4. The van der Waals surface area contributed by atoms with Gasteiger partial charge in [0, 0.05) is 18.8 Å². The summed E-state index contributed by atoms with van der Waals surface area (Å²) >= 11 is 0. The molecule has 0 heterocycles. The van der Waals surface area contributed by atoms with Crippen molar-refractivity contribution in [2.24, 2.45) is 0 Å². The van der Waals surface area contributed by atoms with Crippen LogP contribution in [0.15, 0.2) is 42.5 Å². The van der Waals surface area contributed by atoms with Gasteiger partial charge in [-0.25, -0.2) is 4.79 Å². The Hall–Kier alpha value is -2.33. The topological polar surface area (TPSA) is 44.4 Å².